The quantitative estimate of drug-likeness (QED) is 0.829. The van der Waals surface area contributed by atoms with Crippen molar-refractivity contribution in [2.24, 2.45) is 0 Å². The number of nitrogens with one attached hydrogen (secondary N) is 1. The molecule has 1 amide bonds. The molecule has 0 saturated heterocycles. The molecule has 22 heavy (non-hydrogen) atoms. The molecule has 1 aromatic heterocycles. The van der Waals surface area contributed by atoms with E-state index in [4.69, 9.17) is 9.15 Å². The van der Waals surface area contributed by atoms with Crippen LogP contribution in [-0.2, 0) is 4.74 Å². The molecule has 0 unspecified atom stereocenters. The average Bonchev–Trinajstić information content (AvgIpc) is 3.02. The highest BCUT2D eigenvalue weighted by molar-refractivity contribution is 6.02. The van der Waals surface area contributed by atoms with Gasteiger partial charge in [0.1, 0.15) is 6.61 Å². The lowest BCUT2D eigenvalue weighted by atomic mass is 10.2. The van der Waals surface area contributed by atoms with Crippen molar-refractivity contribution in [1.82, 2.24) is 4.90 Å². The smallest absolute Gasteiger partial charge is 0.338 e. The van der Waals surface area contributed by atoms with Gasteiger partial charge in [-0.25, -0.2) is 4.79 Å². The van der Waals surface area contributed by atoms with E-state index in [-0.39, 0.29) is 17.6 Å². The Morgan fingerprint density at radius 2 is 1.91 bits per heavy atom. The molecule has 0 radical (unpaired) electrons. The maximum absolute atomic E-state index is 11.8. The second-order valence-electron chi connectivity index (χ2n) is 4.95. The number of ether oxygens (including phenoxy) is 1. The van der Waals surface area contributed by atoms with Crippen molar-refractivity contribution in [2.45, 2.75) is 0 Å². The van der Waals surface area contributed by atoms with Crippen LogP contribution in [0.3, 0.4) is 0 Å². The third-order valence-corrected chi connectivity index (χ3v) is 2.90. The van der Waals surface area contributed by atoms with Crippen LogP contribution in [0.15, 0.2) is 47.1 Å². The van der Waals surface area contributed by atoms with E-state index >= 15 is 0 Å². The molecule has 2 aromatic rings. The molecule has 1 heterocycles. The maximum atomic E-state index is 11.8. The number of rotatable bonds is 6. The van der Waals surface area contributed by atoms with Crippen LogP contribution >= 0.6 is 0 Å². The molecule has 0 aliphatic heterocycles. The second kappa shape index (κ2) is 7.42. The SMILES string of the molecule is CN(C)CCOC(=O)c1ccc(NC(=O)c2ccco2)cc1. The standard InChI is InChI=1S/C16H18N2O4/c1-18(2)9-11-22-16(20)12-5-7-13(8-6-12)17-15(19)14-4-3-10-21-14/h3-8,10H,9,11H2,1-2H3,(H,17,19). The molecule has 1 N–H and O–H groups in total. The number of carbonyl (C=O) groups excluding carboxylic acids is 2. The van der Waals surface area contributed by atoms with Crippen LogP contribution in [0.5, 0.6) is 0 Å². The second-order valence-corrected chi connectivity index (χ2v) is 4.95. The van der Waals surface area contributed by atoms with Crippen molar-refractivity contribution in [3.05, 3.63) is 54.0 Å². The molecule has 6 nitrogen and oxygen atoms in total. The molecule has 1 aromatic carbocycles. The van der Waals surface area contributed by atoms with Crippen LogP contribution in [0.1, 0.15) is 20.9 Å². The highest BCUT2D eigenvalue weighted by atomic mass is 16.5. The van der Waals surface area contributed by atoms with Gasteiger partial charge in [-0.05, 0) is 50.5 Å². The number of esters is 1. The van der Waals surface area contributed by atoms with Gasteiger partial charge in [0.2, 0.25) is 0 Å². The number of furan rings is 1. The van der Waals surface area contributed by atoms with E-state index in [0.717, 1.165) is 0 Å². The zero-order valence-electron chi connectivity index (χ0n) is 12.5. The van der Waals surface area contributed by atoms with Gasteiger partial charge < -0.3 is 19.4 Å². The summed E-state index contributed by atoms with van der Waals surface area (Å²) in [5, 5.41) is 2.68. The molecule has 0 bridgehead atoms. The Morgan fingerprint density at radius 1 is 1.18 bits per heavy atom. The van der Waals surface area contributed by atoms with Gasteiger partial charge in [-0.3, -0.25) is 4.79 Å². The van der Waals surface area contributed by atoms with E-state index in [1.54, 1.807) is 36.4 Å². The highest BCUT2D eigenvalue weighted by Gasteiger charge is 2.10. The fourth-order valence-corrected chi connectivity index (χ4v) is 1.69. The predicted molar refractivity (Wildman–Crippen MR) is 81.9 cm³/mol. The zero-order chi connectivity index (χ0) is 15.9. The first-order valence-corrected chi connectivity index (χ1v) is 6.83. The number of hydrogen-bond acceptors (Lipinski definition) is 5. The number of carbonyl (C=O) groups is 2. The summed E-state index contributed by atoms with van der Waals surface area (Å²) >= 11 is 0. The molecule has 0 aliphatic carbocycles. The van der Waals surface area contributed by atoms with Gasteiger partial charge in [-0.1, -0.05) is 0 Å². The molecule has 116 valence electrons. The van der Waals surface area contributed by atoms with Crippen LogP contribution in [0.4, 0.5) is 5.69 Å². The summed E-state index contributed by atoms with van der Waals surface area (Å²) in [7, 11) is 3.81. The van der Waals surface area contributed by atoms with Crippen LogP contribution in [-0.4, -0.2) is 44.0 Å². The Bertz CT molecular complexity index is 618. The monoisotopic (exact) mass is 302 g/mol. The van der Waals surface area contributed by atoms with Crippen LogP contribution in [0, 0.1) is 0 Å². The Morgan fingerprint density at radius 3 is 2.50 bits per heavy atom. The normalized spacial score (nSPS) is 10.5. The number of likely N-dealkylation sites (N-methyl/N-ethyl adjacent to an activating group) is 1. The fourth-order valence-electron chi connectivity index (χ4n) is 1.69. The molecule has 0 fully saturated rings. The molecule has 6 heteroatoms. The van der Waals surface area contributed by atoms with Crippen molar-refractivity contribution < 1.29 is 18.7 Å². The van der Waals surface area contributed by atoms with E-state index in [9.17, 15) is 9.59 Å². The topological polar surface area (TPSA) is 71.8 Å². The molecular weight excluding hydrogens is 284 g/mol. The van der Waals surface area contributed by atoms with Crippen molar-refractivity contribution in [3.63, 3.8) is 0 Å². The van der Waals surface area contributed by atoms with E-state index in [0.29, 0.717) is 24.4 Å². The first-order chi connectivity index (χ1) is 10.6. The number of amides is 1. The van der Waals surface area contributed by atoms with E-state index < -0.39 is 0 Å². The molecular formula is C16H18N2O4. The molecule has 0 saturated carbocycles. The number of nitrogens with zero attached hydrogens (tertiary/aromatic N) is 1. The lowest BCUT2D eigenvalue weighted by Crippen LogP contribution is -2.20. The predicted octanol–water partition coefficient (Wildman–Crippen LogP) is 2.25. The summed E-state index contributed by atoms with van der Waals surface area (Å²) in [5.41, 5.74) is 1.01. The van der Waals surface area contributed by atoms with Crippen molar-refractivity contribution in [1.29, 1.82) is 0 Å². The van der Waals surface area contributed by atoms with Gasteiger partial charge in [0.05, 0.1) is 11.8 Å². The number of benzene rings is 1. The molecule has 2 rings (SSSR count). The van der Waals surface area contributed by atoms with Crippen LogP contribution < -0.4 is 5.32 Å². The summed E-state index contributed by atoms with van der Waals surface area (Å²) in [6.07, 6.45) is 1.43. The van der Waals surface area contributed by atoms with Gasteiger partial charge in [0, 0.05) is 12.2 Å². The molecule has 0 atom stereocenters. The fraction of sp³-hybridized carbons (Fsp3) is 0.250. The molecule has 0 aliphatic rings. The third kappa shape index (κ3) is 4.46. The first-order valence-electron chi connectivity index (χ1n) is 6.83. The van der Waals surface area contributed by atoms with Gasteiger partial charge >= 0.3 is 5.97 Å². The Kier molecular flexibility index (Phi) is 5.32. The highest BCUT2D eigenvalue weighted by Crippen LogP contribution is 2.12. The van der Waals surface area contributed by atoms with E-state index in [1.165, 1.54) is 6.26 Å². The van der Waals surface area contributed by atoms with Gasteiger partial charge in [0.15, 0.2) is 5.76 Å². The van der Waals surface area contributed by atoms with E-state index in [1.807, 2.05) is 19.0 Å². The first kappa shape index (κ1) is 15.8. The van der Waals surface area contributed by atoms with Gasteiger partial charge in [0.25, 0.3) is 5.91 Å². The van der Waals surface area contributed by atoms with Gasteiger partial charge in [-0.15, -0.1) is 0 Å². The minimum absolute atomic E-state index is 0.229. The van der Waals surface area contributed by atoms with Crippen molar-refractivity contribution in [2.75, 3.05) is 32.6 Å². The van der Waals surface area contributed by atoms with Crippen molar-refractivity contribution >= 4 is 17.6 Å². The van der Waals surface area contributed by atoms with E-state index in [2.05, 4.69) is 5.32 Å². The van der Waals surface area contributed by atoms with Crippen molar-refractivity contribution in [3.8, 4) is 0 Å². The lowest BCUT2D eigenvalue weighted by molar-refractivity contribution is 0.0482. The summed E-state index contributed by atoms with van der Waals surface area (Å²) in [6.45, 7) is 1.01. The largest absolute Gasteiger partial charge is 0.461 e. The minimum atomic E-state index is -0.384. The summed E-state index contributed by atoms with van der Waals surface area (Å²) < 4.78 is 10.1. The van der Waals surface area contributed by atoms with Crippen LogP contribution in [0.25, 0.3) is 0 Å². The van der Waals surface area contributed by atoms with Crippen LogP contribution in [0.2, 0.25) is 0 Å². The number of hydrogen-bond donors (Lipinski definition) is 1. The summed E-state index contributed by atoms with van der Waals surface area (Å²) in [4.78, 5) is 25.5. The lowest BCUT2D eigenvalue weighted by Gasteiger charge is -2.10. The van der Waals surface area contributed by atoms with Gasteiger partial charge in [-0.2, -0.15) is 0 Å². The summed E-state index contributed by atoms with van der Waals surface area (Å²) in [6, 6.07) is 9.71. The third-order valence-electron chi connectivity index (χ3n) is 2.90. The minimum Gasteiger partial charge on any atom is -0.461 e. The Labute approximate surface area is 128 Å². The number of anilines is 1. The zero-order valence-corrected chi connectivity index (χ0v) is 12.5. The molecule has 0 spiro atoms. The Hall–Kier alpha value is -2.60. The average molecular weight is 302 g/mol. The summed E-state index contributed by atoms with van der Waals surface area (Å²) in [5.74, 6) is -0.496. The Balaban J connectivity index is 1.90. The maximum Gasteiger partial charge on any atom is 0.338 e.